The van der Waals surface area contributed by atoms with Crippen molar-refractivity contribution in [3.63, 3.8) is 0 Å². The fourth-order valence-electron chi connectivity index (χ4n) is 3.38. The Hall–Kier alpha value is -3.41. The monoisotopic (exact) mass is 361 g/mol. The molecule has 0 unspecified atom stereocenters. The maximum atomic E-state index is 12.3. The van der Waals surface area contributed by atoms with Crippen LogP contribution in [0.5, 0.6) is 11.6 Å². The highest BCUT2D eigenvalue weighted by atomic mass is 16.5. The highest BCUT2D eigenvalue weighted by Crippen LogP contribution is 2.33. The van der Waals surface area contributed by atoms with Gasteiger partial charge in [0.1, 0.15) is 11.3 Å². The second-order valence-corrected chi connectivity index (χ2v) is 6.54. The molecule has 0 atom stereocenters. The quantitative estimate of drug-likeness (QED) is 0.544. The lowest BCUT2D eigenvalue weighted by atomic mass is 9.96. The maximum Gasteiger partial charge on any atom is 0.270 e. The number of aromatic nitrogens is 3. The Labute approximate surface area is 156 Å². The first-order valence-corrected chi connectivity index (χ1v) is 8.61. The van der Waals surface area contributed by atoms with Crippen molar-refractivity contribution in [2.24, 2.45) is 7.05 Å². The number of benzene rings is 1. The lowest BCUT2D eigenvalue weighted by Gasteiger charge is -2.14. The van der Waals surface area contributed by atoms with Crippen molar-refractivity contribution in [2.75, 3.05) is 0 Å². The minimum absolute atomic E-state index is 0.0915. The molecule has 27 heavy (non-hydrogen) atoms. The Balaban J connectivity index is 1.75. The van der Waals surface area contributed by atoms with Crippen molar-refractivity contribution in [2.45, 2.75) is 20.8 Å². The van der Waals surface area contributed by atoms with Crippen LogP contribution < -0.4 is 10.3 Å². The Morgan fingerprint density at radius 1 is 1.11 bits per heavy atom. The molecular formula is C21H19N3O3. The lowest BCUT2D eigenvalue weighted by Crippen LogP contribution is -2.24. The highest BCUT2D eigenvalue weighted by Gasteiger charge is 2.15. The zero-order valence-corrected chi connectivity index (χ0v) is 15.6. The highest BCUT2D eigenvalue weighted by molar-refractivity contribution is 5.82. The van der Waals surface area contributed by atoms with Crippen molar-refractivity contribution in [3.8, 4) is 22.8 Å². The van der Waals surface area contributed by atoms with Gasteiger partial charge in [-0.1, -0.05) is 6.07 Å². The standard InChI is InChI=1S/C21H19N3O3/c1-12-11-15(27-20-17-8-10-26-18(17)7-9-22-20)5-6-16(12)19-13(2)21(25)24(4)23-14(19)3/h5-11H,1-4H3. The second kappa shape index (κ2) is 6.39. The molecule has 0 spiro atoms. The first-order valence-electron chi connectivity index (χ1n) is 8.61. The lowest BCUT2D eigenvalue weighted by molar-refractivity contribution is 0.468. The van der Waals surface area contributed by atoms with Crippen molar-refractivity contribution < 1.29 is 9.15 Å². The molecule has 0 bridgehead atoms. The number of pyridine rings is 1. The van der Waals surface area contributed by atoms with Gasteiger partial charge in [0.25, 0.3) is 5.56 Å². The van der Waals surface area contributed by atoms with Crippen LogP contribution in [-0.4, -0.2) is 14.8 Å². The molecule has 0 aliphatic heterocycles. The topological polar surface area (TPSA) is 70.2 Å². The van der Waals surface area contributed by atoms with E-state index in [0.717, 1.165) is 33.4 Å². The number of nitrogens with zero attached hydrogens (tertiary/aromatic N) is 3. The van der Waals surface area contributed by atoms with E-state index >= 15 is 0 Å². The van der Waals surface area contributed by atoms with Gasteiger partial charge < -0.3 is 9.15 Å². The summed E-state index contributed by atoms with van der Waals surface area (Å²) in [5.74, 6) is 1.17. The van der Waals surface area contributed by atoms with Crippen molar-refractivity contribution in [3.05, 3.63) is 70.0 Å². The third kappa shape index (κ3) is 2.89. The smallest absolute Gasteiger partial charge is 0.270 e. The summed E-state index contributed by atoms with van der Waals surface area (Å²) in [6, 6.07) is 9.39. The van der Waals surface area contributed by atoms with E-state index in [0.29, 0.717) is 17.2 Å². The van der Waals surface area contributed by atoms with Crippen LogP contribution in [0.25, 0.3) is 22.1 Å². The fourth-order valence-corrected chi connectivity index (χ4v) is 3.38. The number of hydrogen-bond acceptors (Lipinski definition) is 5. The average Bonchev–Trinajstić information content (AvgIpc) is 3.11. The van der Waals surface area contributed by atoms with Gasteiger partial charge in [0.2, 0.25) is 5.88 Å². The summed E-state index contributed by atoms with van der Waals surface area (Å²) in [6.45, 7) is 5.74. The van der Waals surface area contributed by atoms with Gasteiger partial charge in [-0.25, -0.2) is 9.67 Å². The molecule has 3 aromatic heterocycles. The third-order valence-electron chi connectivity index (χ3n) is 4.68. The average molecular weight is 361 g/mol. The molecule has 0 fully saturated rings. The molecule has 3 heterocycles. The minimum Gasteiger partial charge on any atom is -0.464 e. The molecule has 4 rings (SSSR count). The van der Waals surface area contributed by atoms with Gasteiger partial charge in [0.05, 0.1) is 17.3 Å². The van der Waals surface area contributed by atoms with E-state index in [1.165, 1.54) is 4.68 Å². The SMILES string of the molecule is Cc1cc(Oc2nccc3occc23)ccc1-c1c(C)nn(C)c(=O)c1C. The van der Waals surface area contributed by atoms with E-state index in [-0.39, 0.29) is 5.56 Å². The summed E-state index contributed by atoms with van der Waals surface area (Å²) >= 11 is 0. The number of hydrogen-bond donors (Lipinski definition) is 0. The van der Waals surface area contributed by atoms with E-state index in [1.807, 2.05) is 45.0 Å². The number of aryl methyl sites for hydroxylation is 3. The zero-order chi connectivity index (χ0) is 19.1. The van der Waals surface area contributed by atoms with E-state index in [4.69, 9.17) is 9.15 Å². The molecule has 0 amide bonds. The third-order valence-corrected chi connectivity index (χ3v) is 4.68. The molecule has 0 saturated heterocycles. The summed E-state index contributed by atoms with van der Waals surface area (Å²) in [5, 5.41) is 5.14. The summed E-state index contributed by atoms with van der Waals surface area (Å²) in [6.07, 6.45) is 3.27. The Morgan fingerprint density at radius 2 is 1.93 bits per heavy atom. The maximum absolute atomic E-state index is 12.3. The molecule has 0 aliphatic carbocycles. The largest absolute Gasteiger partial charge is 0.464 e. The second-order valence-electron chi connectivity index (χ2n) is 6.54. The van der Waals surface area contributed by atoms with Gasteiger partial charge in [-0.15, -0.1) is 0 Å². The van der Waals surface area contributed by atoms with Crippen LogP contribution in [0.1, 0.15) is 16.8 Å². The number of furan rings is 1. The molecule has 6 nitrogen and oxygen atoms in total. The summed E-state index contributed by atoms with van der Waals surface area (Å²) in [7, 11) is 1.67. The first kappa shape index (κ1) is 17.0. The number of rotatable bonds is 3. The number of fused-ring (bicyclic) bond motifs is 1. The van der Waals surface area contributed by atoms with Gasteiger partial charge in [-0.05, 0) is 56.2 Å². The van der Waals surface area contributed by atoms with Crippen molar-refractivity contribution >= 4 is 11.0 Å². The molecule has 136 valence electrons. The van der Waals surface area contributed by atoms with Gasteiger partial charge in [-0.2, -0.15) is 5.10 Å². The minimum atomic E-state index is -0.0915. The molecule has 6 heteroatoms. The van der Waals surface area contributed by atoms with Crippen LogP contribution in [0.15, 0.2) is 52.0 Å². The Bertz CT molecular complexity index is 1220. The van der Waals surface area contributed by atoms with Crippen LogP contribution in [-0.2, 0) is 7.05 Å². The van der Waals surface area contributed by atoms with Gasteiger partial charge >= 0.3 is 0 Å². The van der Waals surface area contributed by atoms with Crippen LogP contribution >= 0.6 is 0 Å². The van der Waals surface area contributed by atoms with Crippen molar-refractivity contribution in [1.82, 2.24) is 14.8 Å². The molecule has 4 aromatic rings. The predicted molar refractivity (Wildman–Crippen MR) is 103 cm³/mol. The summed E-state index contributed by atoms with van der Waals surface area (Å²) in [5.41, 5.74) is 4.97. The van der Waals surface area contributed by atoms with E-state index in [2.05, 4.69) is 10.1 Å². The van der Waals surface area contributed by atoms with E-state index < -0.39 is 0 Å². The Morgan fingerprint density at radius 3 is 2.70 bits per heavy atom. The molecule has 0 radical (unpaired) electrons. The van der Waals surface area contributed by atoms with Gasteiger partial charge in [-0.3, -0.25) is 4.79 Å². The fraction of sp³-hybridized carbons (Fsp3) is 0.190. The van der Waals surface area contributed by atoms with Gasteiger partial charge in [0.15, 0.2) is 0 Å². The normalized spacial score (nSPS) is 11.1. The van der Waals surface area contributed by atoms with Gasteiger partial charge in [0, 0.05) is 24.4 Å². The number of ether oxygens (including phenoxy) is 1. The summed E-state index contributed by atoms with van der Waals surface area (Å²) < 4.78 is 12.7. The zero-order valence-electron chi connectivity index (χ0n) is 15.6. The molecule has 0 N–H and O–H groups in total. The first-order chi connectivity index (χ1) is 13.0. The van der Waals surface area contributed by atoms with Crippen LogP contribution in [0.3, 0.4) is 0 Å². The molecular weight excluding hydrogens is 342 g/mol. The Kier molecular flexibility index (Phi) is 4.03. The van der Waals surface area contributed by atoms with Crippen LogP contribution in [0.2, 0.25) is 0 Å². The molecule has 1 aromatic carbocycles. The van der Waals surface area contributed by atoms with Crippen molar-refractivity contribution in [1.29, 1.82) is 0 Å². The van der Waals surface area contributed by atoms with Crippen LogP contribution in [0.4, 0.5) is 0 Å². The molecule has 0 saturated carbocycles. The van der Waals surface area contributed by atoms with E-state index in [9.17, 15) is 4.79 Å². The van der Waals surface area contributed by atoms with E-state index in [1.54, 1.807) is 25.6 Å². The predicted octanol–water partition coefficient (Wildman–Crippen LogP) is 4.31. The van der Waals surface area contributed by atoms with Crippen LogP contribution in [0, 0.1) is 20.8 Å². The molecule has 0 aliphatic rings. The summed E-state index contributed by atoms with van der Waals surface area (Å²) in [4.78, 5) is 16.6.